The predicted molar refractivity (Wildman–Crippen MR) is 50.8 cm³/mol. The first kappa shape index (κ1) is 11.3. The van der Waals surface area contributed by atoms with Gasteiger partial charge in [0, 0.05) is 0 Å². The topological polar surface area (TPSA) is 32.6 Å². The summed E-state index contributed by atoms with van der Waals surface area (Å²) in [4.78, 5) is 0. The fraction of sp³-hybridized carbons (Fsp3) is 0.100. The molecule has 1 aromatic carbocycles. The fourth-order valence-electron chi connectivity index (χ4n) is 0.976. The lowest BCUT2D eigenvalue weighted by atomic mass is 10.1. The van der Waals surface area contributed by atoms with Crippen molar-refractivity contribution in [3.63, 3.8) is 0 Å². The van der Waals surface area contributed by atoms with Crippen LogP contribution in [0.5, 0.6) is 0 Å². The summed E-state index contributed by atoms with van der Waals surface area (Å²) in [5.41, 5.74) is -0.0848. The van der Waals surface area contributed by atoms with Crippen LogP contribution in [0.15, 0.2) is 35.5 Å². The molecule has 0 atom stereocenters. The van der Waals surface area contributed by atoms with Crippen molar-refractivity contribution >= 4 is 12.3 Å². The first-order valence-electron chi connectivity index (χ1n) is 4.05. The molecule has 15 heavy (non-hydrogen) atoms. The largest absolute Gasteiger partial charge is 0.416 e. The second-order valence-electron chi connectivity index (χ2n) is 2.74. The molecule has 0 aromatic heterocycles. The Bertz CT molecular complexity index is 365. The average Bonchev–Trinajstić information content (AvgIpc) is 2.18. The highest BCUT2D eigenvalue weighted by molar-refractivity contribution is 5.77. The van der Waals surface area contributed by atoms with Gasteiger partial charge in [-0.3, -0.25) is 0 Å². The van der Waals surface area contributed by atoms with E-state index in [1.54, 1.807) is 0 Å². The van der Waals surface area contributed by atoms with E-state index >= 15 is 0 Å². The third kappa shape index (κ3) is 3.46. The minimum Gasteiger partial charge on any atom is -0.411 e. The fourth-order valence-corrected chi connectivity index (χ4v) is 0.976. The Morgan fingerprint density at radius 3 is 2.20 bits per heavy atom. The van der Waals surface area contributed by atoms with Gasteiger partial charge >= 0.3 is 6.18 Å². The first-order chi connectivity index (χ1) is 7.04. The summed E-state index contributed by atoms with van der Waals surface area (Å²) >= 11 is 0. The maximum Gasteiger partial charge on any atom is 0.416 e. The van der Waals surface area contributed by atoms with E-state index in [-0.39, 0.29) is 0 Å². The van der Waals surface area contributed by atoms with Gasteiger partial charge in [-0.25, -0.2) is 0 Å². The molecule has 0 amide bonds. The van der Waals surface area contributed by atoms with Crippen LogP contribution in [-0.2, 0) is 6.18 Å². The lowest BCUT2D eigenvalue weighted by molar-refractivity contribution is -0.137. The van der Waals surface area contributed by atoms with Gasteiger partial charge in [-0.2, -0.15) is 13.2 Å². The monoisotopic (exact) mass is 215 g/mol. The van der Waals surface area contributed by atoms with Gasteiger partial charge in [0.25, 0.3) is 0 Å². The number of benzene rings is 1. The van der Waals surface area contributed by atoms with E-state index in [2.05, 4.69) is 5.16 Å². The molecule has 0 bridgehead atoms. The number of hydrogen-bond donors (Lipinski definition) is 1. The van der Waals surface area contributed by atoms with Gasteiger partial charge in [0.05, 0.1) is 11.8 Å². The molecule has 0 radical (unpaired) electrons. The third-order valence-electron chi connectivity index (χ3n) is 1.68. The Morgan fingerprint density at radius 2 is 1.73 bits per heavy atom. The quantitative estimate of drug-likeness (QED) is 0.458. The van der Waals surface area contributed by atoms with Gasteiger partial charge < -0.3 is 5.21 Å². The Hall–Kier alpha value is -1.78. The molecule has 5 heteroatoms. The second-order valence-corrected chi connectivity index (χ2v) is 2.74. The summed E-state index contributed by atoms with van der Waals surface area (Å²) < 4.78 is 36.5. The van der Waals surface area contributed by atoms with Crippen LogP contribution < -0.4 is 0 Å². The van der Waals surface area contributed by atoms with Crippen molar-refractivity contribution in [3.05, 3.63) is 41.5 Å². The minimum atomic E-state index is -4.31. The van der Waals surface area contributed by atoms with Crippen LogP contribution in [0.1, 0.15) is 11.1 Å². The van der Waals surface area contributed by atoms with E-state index in [9.17, 15) is 13.2 Å². The number of rotatable bonds is 2. The molecule has 0 saturated carbocycles. The van der Waals surface area contributed by atoms with Crippen LogP contribution in [0.3, 0.4) is 0 Å². The van der Waals surface area contributed by atoms with Crippen molar-refractivity contribution in [2.45, 2.75) is 6.18 Å². The highest BCUT2D eigenvalue weighted by atomic mass is 19.4. The van der Waals surface area contributed by atoms with Crippen molar-refractivity contribution in [2.75, 3.05) is 0 Å². The lowest BCUT2D eigenvalue weighted by Crippen LogP contribution is -2.03. The van der Waals surface area contributed by atoms with Crippen molar-refractivity contribution in [1.29, 1.82) is 0 Å². The molecule has 0 heterocycles. The van der Waals surface area contributed by atoms with E-state index in [1.807, 2.05) is 0 Å². The summed E-state index contributed by atoms with van der Waals surface area (Å²) in [6.07, 6.45) is -0.241. The molecule has 0 aliphatic heterocycles. The third-order valence-corrected chi connectivity index (χ3v) is 1.68. The molecule has 0 aliphatic carbocycles. The lowest BCUT2D eigenvalue weighted by Gasteiger charge is -2.05. The minimum absolute atomic E-state index is 0.600. The Labute approximate surface area is 84.3 Å². The highest BCUT2D eigenvalue weighted by Gasteiger charge is 2.29. The Morgan fingerprint density at radius 1 is 1.13 bits per heavy atom. The zero-order valence-electron chi connectivity index (χ0n) is 7.57. The van der Waals surface area contributed by atoms with Crippen LogP contribution >= 0.6 is 0 Å². The van der Waals surface area contributed by atoms with Gasteiger partial charge in [0.15, 0.2) is 0 Å². The van der Waals surface area contributed by atoms with Gasteiger partial charge in [-0.15, -0.1) is 0 Å². The van der Waals surface area contributed by atoms with E-state index in [4.69, 9.17) is 5.21 Å². The van der Waals surface area contributed by atoms with E-state index < -0.39 is 11.7 Å². The van der Waals surface area contributed by atoms with E-state index in [0.29, 0.717) is 5.56 Å². The van der Waals surface area contributed by atoms with Gasteiger partial charge in [-0.05, 0) is 23.8 Å². The number of alkyl halides is 3. The number of nitrogens with zero attached hydrogens (tertiary/aromatic N) is 1. The smallest absolute Gasteiger partial charge is 0.411 e. The van der Waals surface area contributed by atoms with E-state index in [0.717, 1.165) is 18.3 Å². The molecular weight excluding hydrogens is 207 g/mol. The van der Waals surface area contributed by atoms with Gasteiger partial charge in [0.2, 0.25) is 0 Å². The summed E-state index contributed by atoms with van der Waals surface area (Å²) in [5, 5.41) is 10.8. The van der Waals surface area contributed by atoms with E-state index in [1.165, 1.54) is 24.3 Å². The number of hydrogen-bond acceptors (Lipinski definition) is 2. The first-order valence-corrected chi connectivity index (χ1v) is 4.05. The van der Waals surface area contributed by atoms with Crippen LogP contribution in [-0.4, -0.2) is 11.4 Å². The molecule has 0 spiro atoms. The number of oxime groups is 1. The summed E-state index contributed by atoms with van der Waals surface area (Å²) in [5.74, 6) is 0. The molecule has 1 N–H and O–H groups in total. The summed E-state index contributed by atoms with van der Waals surface area (Å²) in [6.45, 7) is 0. The molecular formula is C10H8F3NO. The van der Waals surface area contributed by atoms with Gasteiger partial charge in [-0.1, -0.05) is 23.4 Å². The molecule has 0 aliphatic rings. The normalized spacial score (nSPS) is 12.7. The standard InChI is InChI=1S/C10H8F3NO/c11-10(12,13)9-5-3-8(4-6-9)2-1-7-14-15/h1-7,15H/b2-1+,14-7+. The summed E-state index contributed by atoms with van der Waals surface area (Å²) in [7, 11) is 0. The SMILES string of the molecule is O/N=C/C=C/c1ccc(C(F)(F)F)cc1. The molecule has 0 saturated heterocycles. The van der Waals surface area contributed by atoms with Gasteiger partial charge in [0.1, 0.15) is 0 Å². The number of allylic oxidation sites excluding steroid dienone is 1. The maximum absolute atomic E-state index is 12.2. The molecule has 0 fully saturated rings. The molecule has 1 aromatic rings. The predicted octanol–water partition coefficient (Wildman–Crippen LogP) is 3.18. The maximum atomic E-state index is 12.2. The molecule has 1 rings (SSSR count). The van der Waals surface area contributed by atoms with Crippen molar-refractivity contribution in [3.8, 4) is 0 Å². The zero-order valence-corrected chi connectivity index (χ0v) is 7.57. The molecule has 2 nitrogen and oxygen atoms in total. The van der Waals surface area contributed by atoms with Crippen LogP contribution in [0, 0.1) is 0 Å². The zero-order chi connectivity index (χ0) is 11.3. The van der Waals surface area contributed by atoms with Crippen LogP contribution in [0.2, 0.25) is 0 Å². The highest BCUT2D eigenvalue weighted by Crippen LogP contribution is 2.29. The Kier molecular flexibility index (Phi) is 3.49. The van der Waals surface area contributed by atoms with Crippen LogP contribution in [0.4, 0.5) is 13.2 Å². The van der Waals surface area contributed by atoms with Crippen molar-refractivity contribution in [1.82, 2.24) is 0 Å². The van der Waals surface area contributed by atoms with Crippen molar-refractivity contribution < 1.29 is 18.4 Å². The molecule has 0 unspecified atom stereocenters. The Balaban J connectivity index is 2.81. The number of halogens is 3. The average molecular weight is 215 g/mol. The molecule has 80 valence electrons. The van der Waals surface area contributed by atoms with Crippen LogP contribution in [0.25, 0.3) is 6.08 Å². The summed E-state index contributed by atoms with van der Waals surface area (Å²) in [6, 6.07) is 4.67. The van der Waals surface area contributed by atoms with Crippen molar-refractivity contribution in [2.24, 2.45) is 5.16 Å². The second kappa shape index (κ2) is 4.63.